The van der Waals surface area contributed by atoms with Gasteiger partial charge in [-0.15, -0.1) is 11.3 Å². The molecule has 106 valence electrons. The monoisotopic (exact) mass is 398 g/mol. The van der Waals surface area contributed by atoms with Crippen LogP contribution in [0.2, 0.25) is 10.3 Å². The van der Waals surface area contributed by atoms with Crippen molar-refractivity contribution in [2.45, 2.75) is 6.92 Å². The van der Waals surface area contributed by atoms with Crippen molar-refractivity contribution in [2.75, 3.05) is 0 Å². The van der Waals surface area contributed by atoms with Crippen molar-refractivity contribution in [1.82, 2.24) is 9.97 Å². The van der Waals surface area contributed by atoms with E-state index in [4.69, 9.17) is 23.2 Å². The molecule has 0 aliphatic rings. The highest BCUT2D eigenvalue weighted by Crippen LogP contribution is 2.35. The van der Waals surface area contributed by atoms with Crippen molar-refractivity contribution >= 4 is 50.5 Å². The van der Waals surface area contributed by atoms with Gasteiger partial charge in [-0.25, -0.2) is 9.97 Å². The predicted octanol–water partition coefficient (Wildman–Crippen LogP) is 6.25. The van der Waals surface area contributed by atoms with Gasteiger partial charge in [0.2, 0.25) is 0 Å². The summed E-state index contributed by atoms with van der Waals surface area (Å²) >= 11 is 17.7. The Morgan fingerprint density at radius 1 is 0.952 bits per heavy atom. The minimum atomic E-state index is 0.360. The maximum absolute atomic E-state index is 6.32. The van der Waals surface area contributed by atoms with Crippen molar-refractivity contribution in [3.05, 3.63) is 56.1 Å². The van der Waals surface area contributed by atoms with Crippen LogP contribution in [0.5, 0.6) is 0 Å². The lowest BCUT2D eigenvalue weighted by molar-refractivity contribution is 1.19. The summed E-state index contributed by atoms with van der Waals surface area (Å²) in [6.07, 6.45) is 0. The van der Waals surface area contributed by atoms with E-state index in [9.17, 15) is 0 Å². The zero-order chi connectivity index (χ0) is 15.0. The third-order valence-electron chi connectivity index (χ3n) is 2.91. The van der Waals surface area contributed by atoms with Crippen LogP contribution >= 0.6 is 50.5 Å². The Labute approximate surface area is 144 Å². The summed E-state index contributed by atoms with van der Waals surface area (Å²) in [4.78, 5) is 10.9. The molecule has 6 heteroatoms. The lowest BCUT2D eigenvalue weighted by Gasteiger charge is -2.08. The van der Waals surface area contributed by atoms with Crippen molar-refractivity contribution < 1.29 is 0 Å². The van der Waals surface area contributed by atoms with Crippen LogP contribution in [0.1, 0.15) is 4.88 Å². The van der Waals surface area contributed by atoms with Gasteiger partial charge < -0.3 is 0 Å². The number of hydrogen-bond donors (Lipinski definition) is 0. The van der Waals surface area contributed by atoms with E-state index in [-0.39, 0.29) is 0 Å². The molecule has 0 bridgehead atoms. The molecule has 0 amide bonds. The second kappa shape index (κ2) is 6.05. The second-order valence-corrected chi connectivity index (χ2v) is 7.34. The van der Waals surface area contributed by atoms with Crippen LogP contribution in [0.25, 0.3) is 21.8 Å². The first-order valence-corrected chi connectivity index (χ1v) is 8.47. The SMILES string of the molecule is Cc1ccc(-c2nc(Cl)c(-c3ccc(Br)cc3)c(Cl)n2)s1. The van der Waals surface area contributed by atoms with Crippen LogP contribution in [0.4, 0.5) is 0 Å². The molecule has 0 saturated heterocycles. The van der Waals surface area contributed by atoms with E-state index < -0.39 is 0 Å². The summed E-state index contributed by atoms with van der Waals surface area (Å²) in [5, 5.41) is 0.719. The van der Waals surface area contributed by atoms with E-state index in [0.29, 0.717) is 21.7 Å². The van der Waals surface area contributed by atoms with Gasteiger partial charge in [0.15, 0.2) is 5.82 Å². The number of rotatable bonds is 2. The van der Waals surface area contributed by atoms with Gasteiger partial charge in [-0.05, 0) is 36.8 Å². The number of nitrogens with zero attached hydrogens (tertiary/aromatic N) is 2. The highest BCUT2D eigenvalue weighted by molar-refractivity contribution is 9.10. The predicted molar refractivity (Wildman–Crippen MR) is 93.2 cm³/mol. The van der Waals surface area contributed by atoms with Gasteiger partial charge >= 0.3 is 0 Å². The van der Waals surface area contributed by atoms with Gasteiger partial charge in [-0.3, -0.25) is 0 Å². The molecule has 0 aliphatic heterocycles. The van der Waals surface area contributed by atoms with Gasteiger partial charge in [0.1, 0.15) is 10.3 Å². The molecule has 0 atom stereocenters. The minimum Gasteiger partial charge on any atom is -0.215 e. The van der Waals surface area contributed by atoms with Gasteiger partial charge in [-0.1, -0.05) is 51.3 Å². The zero-order valence-corrected chi connectivity index (χ0v) is 14.8. The average Bonchev–Trinajstić information content (AvgIpc) is 2.87. The first-order valence-electron chi connectivity index (χ1n) is 6.10. The van der Waals surface area contributed by atoms with Crippen molar-refractivity contribution in [3.63, 3.8) is 0 Å². The van der Waals surface area contributed by atoms with Crippen LogP contribution in [0, 0.1) is 6.92 Å². The number of aromatic nitrogens is 2. The molecular weight excluding hydrogens is 391 g/mol. The summed E-state index contributed by atoms with van der Waals surface area (Å²) in [6.45, 7) is 2.04. The van der Waals surface area contributed by atoms with Crippen LogP contribution in [-0.4, -0.2) is 9.97 Å². The largest absolute Gasteiger partial charge is 0.215 e. The topological polar surface area (TPSA) is 25.8 Å². The number of thiophene rings is 1. The van der Waals surface area contributed by atoms with E-state index in [1.165, 1.54) is 4.88 Å². The van der Waals surface area contributed by atoms with E-state index >= 15 is 0 Å². The molecule has 0 radical (unpaired) electrons. The third-order valence-corrected chi connectivity index (χ3v) is 4.99. The fourth-order valence-corrected chi connectivity index (χ4v) is 3.60. The highest BCUT2D eigenvalue weighted by atomic mass is 79.9. The summed E-state index contributed by atoms with van der Waals surface area (Å²) < 4.78 is 0.991. The Balaban J connectivity index is 2.10. The maximum atomic E-state index is 6.32. The molecule has 2 nitrogen and oxygen atoms in total. The van der Waals surface area contributed by atoms with E-state index in [0.717, 1.165) is 14.9 Å². The molecule has 0 aliphatic carbocycles. The Kier molecular flexibility index (Phi) is 4.31. The molecule has 0 fully saturated rings. The minimum absolute atomic E-state index is 0.360. The Morgan fingerprint density at radius 3 is 2.10 bits per heavy atom. The summed E-state index contributed by atoms with van der Waals surface area (Å²) in [5.41, 5.74) is 1.55. The van der Waals surface area contributed by atoms with Crippen LogP contribution in [0.3, 0.4) is 0 Å². The normalized spacial score (nSPS) is 10.9. The summed E-state index contributed by atoms with van der Waals surface area (Å²) in [7, 11) is 0. The lowest BCUT2D eigenvalue weighted by Crippen LogP contribution is -1.93. The smallest absolute Gasteiger partial charge is 0.172 e. The molecule has 0 N–H and O–H groups in total. The highest BCUT2D eigenvalue weighted by Gasteiger charge is 2.15. The van der Waals surface area contributed by atoms with E-state index in [1.807, 2.05) is 43.3 Å². The van der Waals surface area contributed by atoms with Crippen LogP contribution < -0.4 is 0 Å². The third kappa shape index (κ3) is 3.14. The Morgan fingerprint density at radius 2 is 1.57 bits per heavy atom. The molecule has 3 aromatic rings. The number of aryl methyl sites for hydroxylation is 1. The average molecular weight is 400 g/mol. The Hall–Kier alpha value is -0.940. The summed E-state index contributed by atoms with van der Waals surface area (Å²) in [5.74, 6) is 0.559. The molecule has 2 aromatic heterocycles. The molecule has 1 aromatic carbocycles. The molecule has 3 rings (SSSR count). The van der Waals surface area contributed by atoms with E-state index in [2.05, 4.69) is 25.9 Å². The quantitative estimate of drug-likeness (QED) is 0.476. The van der Waals surface area contributed by atoms with Crippen molar-refractivity contribution in [1.29, 1.82) is 0 Å². The number of benzene rings is 1. The van der Waals surface area contributed by atoms with Gasteiger partial charge in [-0.2, -0.15) is 0 Å². The van der Waals surface area contributed by atoms with Crippen molar-refractivity contribution in [2.24, 2.45) is 0 Å². The summed E-state index contributed by atoms with van der Waals surface area (Å²) in [6, 6.07) is 11.7. The maximum Gasteiger partial charge on any atom is 0.172 e. The van der Waals surface area contributed by atoms with Crippen LogP contribution in [0.15, 0.2) is 40.9 Å². The molecule has 21 heavy (non-hydrogen) atoms. The fourth-order valence-electron chi connectivity index (χ4n) is 1.93. The Bertz CT molecular complexity index is 777. The molecule has 0 unspecified atom stereocenters. The molecule has 0 spiro atoms. The number of hydrogen-bond acceptors (Lipinski definition) is 3. The first-order chi connectivity index (χ1) is 10.0. The lowest BCUT2D eigenvalue weighted by atomic mass is 10.1. The van der Waals surface area contributed by atoms with Gasteiger partial charge in [0.05, 0.1) is 10.4 Å². The van der Waals surface area contributed by atoms with Crippen molar-refractivity contribution in [3.8, 4) is 21.8 Å². The first kappa shape index (κ1) is 15.0. The molecule has 2 heterocycles. The zero-order valence-electron chi connectivity index (χ0n) is 10.9. The van der Waals surface area contributed by atoms with Gasteiger partial charge in [0.25, 0.3) is 0 Å². The van der Waals surface area contributed by atoms with E-state index in [1.54, 1.807) is 11.3 Å². The number of halogens is 3. The standard InChI is InChI=1S/C15H9BrCl2N2S/c1-8-2-7-11(21-8)15-19-13(17)12(14(18)20-15)9-3-5-10(16)6-4-9/h2-7H,1H3. The molecular formula is C15H9BrCl2N2S. The fraction of sp³-hybridized carbons (Fsp3) is 0.0667. The second-order valence-electron chi connectivity index (χ2n) is 4.42. The molecule has 0 saturated carbocycles. The van der Waals surface area contributed by atoms with Gasteiger partial charge in [0, 0.05) is 9.35 Å². The van der Waals surface area contributed by atoms with Crippen LogP contribution in [-0.2, 0) is 0 Å².